The number of rotatable bonds is 5. The summed E-state index contributed by atoms with van der Waals surface area (Å²) in [6, 6.07) is 6.98. The highest BCUT2D eigenvalue weighted by atomic mass is 32.1. The van der Waals surface area contributed by atoms with Gasteiger partial charge in [-0.25, -0.2) is 8.78 Å². The van der Waals surface area contributed by atoms with E-state index >= 15 is 0 Å². The Hall–Kier alpha value is -2.32. The van der Waals surface area contributed by atoms with Crippen LogP contribution in [0.1, 0.15) is 23.6 Å². The summed E-state index contributed by atoms with van der Waals surface area (Å²) in [5.74, 6) is -2.89. The van der Waals surface area contributed by atoms with E-state index in [4.69, 9.17) is 0 Å². The van der Waals surface area contributed by atoms with E-state index in [1.165, 1.54) is 4.88 Å². The maximum Gasteiger partial charge on any atom is 0.313 e. The predicted octanol–water partition coefficient (Wildman–Crippen LogP) is 2.96. The number of nitrogens with zero attached hydrogens (tertiary/aromatic N) is 1. The molecule has 1 aliphatic rings. The van der Waals surface area contributed by atoms with E-state index in [0.717, 1.165) is 38.1 Å². The standard InChI is InChI=1S/C19H21F2N3O2S/c20-14-3-4-16(15(21)12-14)23-19(26)18(25)22-7-10-24-8-5-13(6-9-24)17-2-1-11-27-17/h1-4,11-13H,5-10H2,(H,22,25)(H,23,26). The van der Waals surface area contributed by atoms with E-state index in [-0.39, 0.29) is 5.69 Å². The van der Waals surface area contributed by atoms with Crippen LogP contribution in [0.5, 0.6) is 0 Å². The minimum absolute atomic E-state index is 0.229. The van der Waals surface area contributed by atoms with Crippen molar-refractivity contribution < 1.29 is 18.4 Å². The molecule has 1 aromatic heterocycles. The summed E-state index contributed by atoms with van der Waals surface area (Å²) in [5, 5.41) is 6.77. The number of thiophene rings is 1. The Kier molecular flexibility index (Phi) is 6.52. The minimum atomic E-state index is -0.975. The molecule has 1 saturated heterocycles. The first-order valence-corrected chi connectivity index (χ1v) is 9.71. The highest BCUT2D eigenvalue weighted by molar-refractivity contribution is 7.10. The van der Waals surface area contributed by atoms with Gasteiger partial charge in [0.15, 0.2) is 0 Å². The number of nitrogens with one attached hydrogen (secondary N) is 2. The van der Waals surface area contributed by atoms with Gasteiger partial charge >= 0.3 is 11.8 Å². The van der Waals surface area contributed by atoms with Crippen LogP contribution < -0.4 is 10.6 Å². The SMILES string of the molecule is O=C(NCCN1CCC(c2cccs2)CC1)C(=O)Nc1ccc(F)cc1F. The Morgan fingerprint density at radius 1 is 1.15 bits per heavy atom. The van der Waals surface area contributed by atoms with Crippen molar-refractivity contribution in [3.8, 4) is 0 Å². The molecule has 1 aromatic carbocycles. The molecule has 2 aromatic rings. The van der Waals surface area contributed by atoms with Crippen molar-refractivity contribution in [1.82, 2.24) is 10.2 Å². The summed E-state index contributed by atoms with van der Waals surface area (Å²) < 4.78 is 26.4. The molecule has 0 aliphatic carbocycles. The normalized spacial score (nSPS) is 15.5. The lowest BCUT2D eigenvalue weighted by Gasteiger charge is -2.31. The minimum Gasteiger partial charge on any atom is -0.347 e. The number of amides is 2. The highest BCUT2D eigenvalue weighted by Gasteiger charge is 2.21. The highest BCUT2D eigenvalue weighted by Crippen LogP contribution is 2.30. The molecular weight excluding hydrogens is 372 g/mol. The first kappa shape index (κ1) is 19.4. The largest absolute Gasteiger partial charge is 0.347 e. The molecule has 2 amide bonds. The molecule has 2 heterocycles. The maximum atomic E-state index is 13.5. The van der Waals surface area contributed by atoms with E-state index in [0.29, 0.717) is 25.1 Å². The molecule has 0 saturated carbocycles. The van der Waals surface area contributed by atoms with Crippen LogP contribution in [-0.2, 0) is 9.59 Å². The molecule has 0 unspecified atom stereocenters. The summed E-state index contributed by atoms with van der Waals surface area (Å²) in [7, 11) is 0. The number of benzene rings is 1. The molecule has 1 aliphatic heterocycles. The summed E-state index contributed by atoms with van der Waals surface area (Å²) in [5.41, 5.74) is -0.229. The molecule has 0 spiro atoms. The van der Waals surface area contributed by atoms with Crippen molar-refractivity contribution in [2.24, 2.45) is 0 Å². The molecule has 0 bridgehead atoms. The van der Waals surface area contributed by atoms with Crippen LogP contribution in [0, 0.1) is 11.6 Å². The van der Waals surface area contributed by atoms with Crippen molar-refractivity contribution in [1.29, 1.82) is 0 Å². The number of halogens is 2. The predicted molar refractivity (Wildman–Crippen MR) is 101 cm³/mol. The van der Waals surface area contributed by atoms with E-state index in [2.05, 4.69) is 33.0 Å². The van der Waals surface area contributed by atoms with Gasteiger partial charge in [-0.05, 0) is 55.4 Å². The van der Waals surface area contributed by atoms with Crippen molar-refractivity contribution in [2.75, 3.05) is 31.5 Å². The van der Waals surface area contributed by atoms with Gasteiger partial charge in [0.25, 0.3) is 0 Å². The zero-order valence-corrected chi connectivity index (χ0v) is 15.5. The molecule has 0 radical (unpaired) electrons. The number of piperidine rings is 1. The van der Waals surface area contributed by atoms with Gasteiger partial charge in [0.1, 0.15) is 11.6 Å². The van der Waals surface area contributed by atoms with E-state index in [1.54, 1.807) is 11.3 Å². The fraction of sp³-hybridized carbons (Fsp3) is 0.368. The average Bonchev–Trinajstić information content (AvgIpc) is 3.19. The smallest absolute Gasteiger partial charge is 0.313 e. The van der Waals surface area contributed by atoms with Gasteiger partial charge in [0, 0.05) is 24.0 Å². The first-order valence-electron chi connectivity index (χ1n) is 8.83. The quantitative estimate of drug-likeness (QED) is 0.768. The van der Waals surface area contributed by atoms with Gasteiger partial charge in [0.2, 0.25) is 0 Å². The number of hydrogen-bond donors (Lipinski definition) is 2. The van der Waals surface area contributed by atoms with Crippen LogP contribution >= 0.6 is 11.3 Å². The van der Waals surface area contributed by atoms with E-state index in [1.807, 2.05) is 0 Å². The number of likely N-dealkylation sites (tertiary alicyclic amines) is 1. The second-order valence-corrected chi connectivity index (χ2v) is 7.44. The maximum absolute atomic E-state index is 13.5. The molecule has 0 atom stereocenters. The van der Waals surface area contributed by atoms with Gasteiger partial charge < -0.3 is 15.5 Å². The Balaban J connectivity index is 1.37. The topological polar surface area (TPSA) is 61.4 Å². The van der Waals surface area contributed by atoms with Gasteiger partial charge in [-0.15, -0.1) is 11.3 Å². The first-order chi connectivity index (χ1) is 13.0. The number of hydrogen-bond acceptors (Lipinski definition) is 4. The number of carbonyl (C=O) groups is 2. The summed E-state index contributed by atoms with van der Waals surface area (Å²) in [6.45, 7) is 2.89. The number of anilines is 1. The fourth-order valence-corrected chi connectivity index (χ4v) is 4.04. The summed E-state index contributed by atoms with van der Waals surface area (Å²) >= 11 is 1.79. The monoisotopic (exact) mass is 393 g/mol. The third kappa shape index (κ3) is 5.33. The van der Waals surface area contributed by atoms with Crippen molar-refractivity contribution in [2.45, 2.75) is 18.8 Å². The Labute approximate surface area is 160 Å². The molecule has 1 fully saturated rings. The molecular formula is C19H21F2N3O2S. The van der Waals surface area contributed by atoms with Gasteiger partial charge in [0.05, 0.1) is 5.69 Å². The lowest BCUT2D eigenvalue weighted by molar-refractivity contribution is -0.136. The third-order valence-corrected chi connectivity index (χ3v) is 5.67. The van der Waals surface area contributed by atoms with Crippen LogP contribution in [0.4, 0.5) is 14.5 Å². The Morgan fingerprint density at radius 2 is 1.93 bits per heavy atom. The number of carbonyl (C=O) groups excluding carboxylic acids is 2. The molecule has 3 rings (SSSR count). The van der Waals surface area contributed by atoms with Crippen LogP contribution in [0.15, 0.2) is 35.7 Å². The van der Waals surface area contributed by atoms with Crippen molar-refractivity contribution in [3.63, 3.8) is 0 Å². The lowest BCUT2D eigenvalue weighted by atomic mass is 9.95. The van der Waals surface area contributed by atoms with Crippen molar-refractivity contribution >= 4 is 28.8 Å². The van der Waals surface area contributed by atoms with Gasteiger partial charge in [-0.2, -0.15) is 0 Å². The summed E-state index contributed by atoms with van der Waals surface area (Å²) in [6.07, 6.45) is 2.16. The van der Waals surface area contributed by atoms with E-state index in [9.17, 15) is 18.4 Å². The zero-order valence-electron chi connectivity index (χ0n) is 14.7. The average molecular weight is 393 g/mol. The summed E-state index contributed by atoms with van der Waals surface area (Å²) in [4.78, 5) is 27.3. The Morgan fingerprint density at radius 3 is 2.59 bits per heavy atom. The van der Waals surface area contributed by atoms with E-state index < -0.39 is 23.4 Å². The molecule has 144 valence electrons. The zero-order chi connectivity index (χ0) is 19.2. The van der Waals surface area contributed by atoms with Crippen LogP contribution in [0.3, 0.4) is 0 Å². The van der Waals surface area contributed by atoms with Crippen molar-refractivity contribution in [3.05, 3.63) is 52.2 Å². The molecule has 8 heteroatoms. The Bertz CT molecular complexity index is 790. The second-order valence-electron chi connectivity index (χ2n) is 6.47. The van der Waals surface area contributed by atoms with Crippen LogP contribution in [0.2, 0.25) is 0 Å². The molecule has 27 heavy (non-hydrogen) atoms. The fourth-order valence-electron chi connectivity index (χ4n) is 3.14. The lowest BCUT2D eigenvalue weighted by Crippen LogP contribution is -2.42. The van der Waals surface area contributed by atoms with Crippen LogP contribution in [0.25, 0.3) is 0 Å². The van der Waals surface area contributed by atoms with Gasteiger partial charge in [-0.3, -0.25) is 9.59 Å². The van der Waals surface area contributed by atoms with Gasteiger partial charge in [-0.1, -0.05) is 6.07 Å². The molecule has 5 nitrogen and oxygen atoms in total. The second kappa shape index (κ2) is 9.05. The van der Waals surface area contributed by atoms with Crippen LogP contribution in [-0.4, -0.2) is 42.9 Å². The third-order valence-electron chi connectivity index (χ3n) is 4.63. The molecule has 2 N–H and O–H groups in total.